The van der Waals surface area contributed by atoms with Crippen molar-refractivity contribution in [3.05, 3.63) is 63.6 Å². The maximum Gasteiger partial charge on any atom is 0.271 e. The van der Waals surface area contributed by atoms with Crippen molar-refractivity contribution in [1.29, 1.82) is 0 Å². The first-order valence-corrected chi connectivity index (χ1v) is 9.59. The van der Waals surface area contributed by atoms with Crippen LogP contribution in [0.25, 0.3) is 0 Å². The predicted molar refractivity (Wildman–Crippen MR) is 93.7 cm³/mol. The summed E-state index contributed by atoms with van der Waals surface area (Å²) in [6, 6.07) is 9.12. The lowest BCUT2D eigenvalue weighted by atomic mass is 10.1. The second kappa shape index (κ2) is 6.53. The van der Waals surface area contributed by atoms with E-state index in [0.717, 1.165) is 29.5 Å². The zero-order valence-electron chi connectivity index (χ0n) is 14.0. The standard InChI is InChI=1S/C18H22N2O3S/c1-14-7-8-15(2)16(12-14)13-19-9-5-6-17(18(19)21)24(22,23)20-10-3-4-11-20/h5-9,12H,3-4,10-11,13H2,1-2H3. The van der Waals surface area contributed by atoms with Crippen molar-refractivity contribution in [3.63, 3.8) is 0 Å². The molecule has 0 bridgehead atoms. The molecular formula is C18H22N2O3S. The maximum absolute atomic E-state index is 12.7. The van der Waals surface area contributed by atoms with Crippen LogP contribution >= 0.6 is 0 Å². The number of benzene rings is 1. The van der Waals surface area contributed by atoms with Gasteiger partial charge in [0.25, 0.3) is 5.56 Å². The van der Waals surface area contributed by atoms with Crippen molar-refractivity contribution in [3.8, 4) is 0 Å². The van der Waals surface area contributed by atoms with Crippen LogP contribution in [0.1, 0.15) is 29.5 Å². The summed E-state index contributed by atoms with van der Waals surface area (Å²) in [7, 11) is -3.70. The van der Waals surface area contributed by atoms with E-state index in [9.17, 15) is 13.2 Å². The highest BCUT2D eigenvalue weighted by Gasteiger charge is 2.29. The Morgan fingerprint density at radius 2 is 1.79 bits per heavy atom. The van der Waals surface area contributed by atoms with Crippen LogP contribution in [0.3, 0.4) is 0 Å². The summed E-state index contributed by atoms with van der Waals surface area (Å²) in [5.41, 5.74) is 2.77. The molecule has 0 saturated carbocycles. The molecule has 128 valence electrons. The Hall–Kier alpha value is -1.92. The highest BCUT2D eigenvalue weighted by atomic mass is 32.2. The minimum absolute atomic E-state index is 0.128. The van der Waals surface area contributed by atoms with Gasteiger partial charge in [-0.15, -0.1) is 0 Å². The highest BCUT2D eigenvalue weighted by molar-refractivity contribution is 7.89. The van der Waals surface area contributed by atoms with E-state index in [1.54, 1.807) is 12.3 Å². The number of pyridine rings is 1. The molecule has 1 aromatic heterocycles. The molecule has 1 aliphatic rings. The summed E-state index contributed by atoms with van der Waals surface area (Å²) in [4.78, 5) is 12.6. The number of aryl methyl sites for hydroxylation is 2. The Morgan fingerprint density at radius 1 is 1.08 bits per heavy atom. The molecule has 0 aliphatic carbocycles. The minimum atomic E-state index is -3.70. The monoisotopic (exact) mass is 346 g/mol. The molecule has 0 atom stereocenters. The zero-order chi connectivity index (χ0) is 17.3. The summed E-state index contributed by atoms with van der Waals surface area (Å²) in [5.74, 6) is 0. The van der Waals surface area contributed by atoms with Crippen LogP contribution in [0.4, 0.5) is 0 Å². The molecule has 1 aromatic carbocycles. The highest BCUT2D eigenvalue weighted by Crippen LogP contribution is 2.18. The molecule has 0 amide bonds. The van der Waals surface area contributed by atoms with Gasteiger partial charge in [-0.3, -0.25) is 4.79 Å². The lowest BCUT2D eigenvalue weighted by molar-refractivity contribution is 0.475. The third-order valence-corrected chi connectivity index (χ3v) is 6.42. The Morgan fingerprint density at radius 3 is 2.50 bits per heavy atom. The van der Waals surface area contributed by atoms with Gasteiger partial charge in [0.15, 0.2) is 0 Å². The van der Waals surface area contributed by atoms with E-state index in [2.05, 4.69) is 0 Å². The average molecular weight is 346 g/mol. The third-order valence-electron chi connectivity index (χ3n) is 4.51. The largest absolute Gasteiger partial charge is 0.310 e. The van der Waals surface area contributed by atoms with E-state index >= 15 is 0 Å². The van der Waals surface area contributed by atoms with Gasteiger partial charge in [-0.1, -0.05) is 23.8 Å². The van der Waals surface area contributed by atoms with E-state index in [1.807, 2.05) is 32.0 Å². The average Bonchev–Trinajstić information content (AvgIpc) is 3.08. The Bertz CT molecular complexity index is 910. The van der Waals surface area contributed by atoms with Gasteiger partial charge in [-0.25, -0.2) is 8.42 Å². The molecule has 2 heterocycles. The molecule has 1 aliphatic heterocycles. The van der Waals surface area contributed by atoms with Gasteiger partial charge in [0.05, 0.1) is 6.54 Å². The topological polar surface area (TPSA) is 59.4 Å². The molecule has 1 saturated heterocycles. The van der Waals surface area contributed by atoms with Crippen molar-refractivity contribution in [2.45, 2.75) is 38.1 Å². The van der Waals surface area contributed by atoms with Crippen molar-refractivity contribution in [1.82, 2.24) is 8.87 Å². The lowest BCUT2D eigenvalue weighted by Crippen LogP contribution is -2.34. The number of aromatic nitrogens is 1. The quantitative estimate of drug-likeness (QED) is 0.853. The second-order valence-corrected chi connectivity index (χ2v) is 8.25. The third kappa shape index (κ3) is 3.16. The normalized spacial score (nSPS) is 15.8. The van der Waals surface area contributed by atoms with Gasteiger partial charge >= 0.3 is 0 Å². The zero-order valence-corrected chi connectivity index (χ0v) is 14.8. The van der Waals surface area contributed by atoms with Crippen LogP contribution in [0, 0.1) is 13.8 Å². The molecular weight excluding hydrogens is 324 g/mol. The van der Waals surface area contributed by atoms with Gasteiger partial charge < -0.3 is 4.57 Å². The molecule has 24 heavy (non-hydrogen) atoms. The molecule has 0 spiro atoms. The molecule has 5 nitrogen and oxygen atoms in total. The van der Waals surface area contributed by atoms with Crippen LogP contribution in [0.2, 0.25) is 0 Å². The first-order valence-electron chi connectivity index (χ1n) is 8.15. The fraction of sp³-hybridized carbons (Fsp3) is 0.389. The Kier molecular flexibility index (Phi) is 4.60. The number of hydrogen-bond donors (Lipinski definition) is 0. The SMILES string of the molecule is Cc1ccc(C)c(Cn2cccc(S(=O)(=O)N3CCCC3)c2=O)c1. The number of rotatable bonds is 4. The van der Waals surface area contributed by atoms with Crippen LogP contribution in [0.5, 0.6) is 0 Å². The molecule has 0 unspecified atom stereocenters. The minimum Gasteiger partial charge on any atom is -0.310 e. The predicted octanol–water partition coefficient (Wildman–Crippen LogP) is 2.30. The van der Waals surface area contributed by atoms with E-state index in [-0.39, 0.29) is 4.90 Å². The van der Waals surface area contributed by atoms with E-state index in [1.165, 1.54) is 14.9 Å². The molecule has 3 rings (SSSR count). The summed E-state index contributed by atoms with van der Waals surface area (Å²) >= 11 is 0. The van der Waals surface area contributed by atoms with E-state index in [4.69, 9.17) is 0 Å². The fourth-order valence-electron chi connectivity index (χ4n) is 3.06. The summed E-state index contributed by atoms with van der Waals surface area (Å²) < 4.78 is 28.3. The van der Waals surface area contributed by atoms with Crippen molar-refractivity contribution < 1.29 is 8.42 Å². The van der Waals surface area contributed by atoms with Crippen molar-refractivity contribution >= 4 is 10.0 Å². The number of sulfonamides is 1. The summed E-state index contributed by atoms with van der Waals surface area (Å²) in [6.07, 6.45) is 3.35. The van der Waals surface area contributed by atoms with Gasteiger partial charge in [0, 0.05) is 19.3 Å². The summed E-state index contributed by atoms with van der Waals surface area (Å²) in [6.45, 7) is 5.35. The fourth-order valence-corrected chi connectivity index (χ4v) is 4.66. The van der Waals surface area contributed by atoms with Gasteiger partial charge in [0.2, 0.25) is 10.0 Å². The molecule has 0 radical (unpaired) electrons. The van der Waals surface area contributed by atoms with E-state index in [0.29, 0.717) is 19.6 Å². The maximum atomic E-state index is 12.7. The van der Waals surface area contributed by atoms with Crippen LogP contribution < -0.4 is 5.56 Å². The number of hydrogen-bond acceptors (Lipinski definition) is 3. The van der Waals surface area contributed by atoms with Crippen molar-refractivity contribution in [2.24, 2.45) is 0 Å². The first kappa shape index (κ1) is 16.9. The van der Waals surface area contributed by atoms with Crippen LogP contribution in [0.15, 0.2) is 46.2 Å². The molecule has 1 fully saturated rings. The van der Waals surface area contributed by atoms with E-state index < -0.39 is 15.6 Å². The molecule has 6 heteroatoms. The molecule has 0 N–H and O–H groups in total. The van der Waals surface area contributed by atoms with Gasteiger partial charge in [-0.2, -0.15) is 4.31 Å². The second-order valence-electron chi connectivity index (χ2n) is 6.35. The van der Waals surface area contributed by atoms with Crippen LogP contribution in [-0.2, 0) is 16.6 Å². The van der Waals surface area contributed by atoms with Crippen LogP contribution in [-0.4, -0.2) is 30.4 Å². The van der Waals surface area contributed by atoms with Gasteiger partial charge in [-0.05, 0) is 49.9 Å². The number of nitrogens with zero attached hydrogens (tertiary/aromatic N) is 2. The Labute approximate surface area is 142 Å². The Balaban J connectivity index is 2.00. The lowest BCUT2D eigenvalue weighted by Gasteiger charge is -2.16. The first-order chi connectivity index (χ1) is 11.4. The van der Waals surface area contributed by atoms with Gasteiger partial charge in [0.1, 0.15) is 4.90 Å². The van der Waals surface area contributed by atoms with Crippen molar-refractivity contribution in [2.75, 3.05) is 13.1 Å². The summed E-state index contributed by atoms with van der Waals surface area (Å²) in [5, 5.41) is 0. The smallest absolute Gasteiger partial charge is 0.271 e. The molecule has 2 aromatic rings.